The van der Waals surface area contributed by atoms with Crippen molar-refractivity contribution in [2.45, 2.75) is 4.90 Å². The lowest BCUT2D eigenvalue weighted by molar-refractivity contribution is -0.116. The highest BCUT2D eigenvalue weighted by atomic mass is 35.5. The highest BCUT2D eigenvalue weighted by Crippen LogP contribution is 2.23. The summed E-state index contributed by atoms with van der Waals surface area (Å²) >= 11 is 7.01. The molecule has 2 aromatic carbocycles. The number of amidine groups is 1. The minimum atomic E-state index is -4.02. The topological polar surface area (TPSA) is 97.2 Å². The zero-order chi connectivity index (χ0) is 18.6. The van der Waals surface area contributed by atoms with Crippen LogP contribution in [0.15, 0.2) is 63.6 Å². The Bertz CT molecular complexity index is 989. The van der Waals surface area contributed by atoms with Gasteiger partial charge in [0.05, 0.1) is 12.0 Å². The van der Waals surface area contributed by atoms with Crippen LogP contribution in [-0.4, -0.2) is 31.5 Å². The molecular formula is C16H12ClN3O4S2. The number of thioether (sulfide) groups is 1. The Morgan fingerprint density at radius 2 is 1.88 bits per heavy atom. The summed E-state index contributed by atoms with van der Waals surface area (Å²) < 4.78 is 30.0. The van der Waals surface area contributed by atoms with E-state index >= 15 is 0 Å². The molecule has 1 amide bonds. The number of carbonyl (C=O) groups excluding carboxylic acids is 1. The zero-order valence-corrected chi connectivity index (χ0v) is 15.5. The second-order valence-corrected chi connectivity index (χ2v) is 7.96. The number of para-hydroxylation sites is 1. The number of hydrogen-bond acceptors (Lipinski definition) is 7. The molecule has 1 aliphatic heterocycles. The third-order valence-electron chi connectivity index (χ3n) is 3.15. The van der Waals surface area contributed by atoms with Gasteiger partial charge in [-0.2, -0.15) is 13.5 Å². The molecule has 26 heavy (non-hydrogen) atoms. The van der Waals surface area contributed by atoms with E-state index in [2.05, 4.69) is 15.5 Å². The van der Waals surface area contributed by atoms with Crippen molar-refractivity contribution in [1.29, 1.82) is 0 Å². The lowest BCUT2D eigenvalue weighted by atomic mass is 10.2. The number of benzene rings is 2. The molecule has 1 aliphatic rings. The number of nitrogens with zero attached hydrogens (tertiary/aromatic N) is 2. The maximum atomic E-state index is 12.4. The van der Waals surface area contributed by atoms with Gasteiger partial charge in [0.15, 0.2) is 10.9 Å². The largest absolute Gasteiger partial charge is 0.378 e. The predicted octanol–water partition coefficient (Wildman–Crippen LogP) is 2.66. The normalized spacial score (nSPS) is 16.2. The summed E-state index contributed by atoms with van der Waals surface area (Å²) in [5.41, 5.74) is 0.420. The van der Waals surface area contributed by atoms with Crippen LogP contribution in [-0.2, 0) is 14.9 Å². The molecule has 1 heterocycles. The average molecular weight is 410 g/mol. The SMILES string of the molecule is O=C1CS/C(=N\N=Cc2ccccc2OS(=O)(=O)c2ccc(Cl)cc2)N1. The lowest BCUT2D eigenvalue weighted by Gasteiger charge is -2.09. The van der Waals surface area contributed by atoms with E-state index in [0.717, 1.165) is 0 Å². The predicted molar refractivity (Wildman–Crippen MR) is 101 cm³/mol. The fourth-order valence-corrected chi connectivity index (χ4v) is 3.66. The molecule has 7 nitrogen and oxygen atoms in total. The van der Waals surface area contributed by atoms with E-state index in [9.17, 15) is 13.2 Å². The summed E-state index contributed by atoms with van der Waals surface area (Å²) in [6, 6.07) is 12.2. The van der Waals surface area contributed by atoms with E-state index in [0.29, 0.717) is 21.5 Å². The summed E-state index contributed by atoms with van der Waals surface area (Å²) in [5, 5.41) is 11.1. The second-order valence-electron chi connectivity index (χ2n) is 5.02. The first-order chi connectivity index (χ1) is 12.4. The van der Waals surface area contributed by atoms with Crippen LogP contribution in [0.3, 0.4) is 0 Å². The van der Waals surface area contributed by atoms with Crippen molar-refractivity contribution in [1.82, 2.24) is 5.32 Å². The Labute approximate surface area is 159 Å². The van der Waals surface area contributed by atoms with Gasteiger partial charge in [0, 0.05) is 10.6 Å². The maximum Gasteiger partial charge on any atom is 0.339 e. The van der Waals surface area contributed by atoms with Gasteiger partial charge in [-0.1, -0.05) is 35.5 Å². The first-order valence-electron chi connectivity index (χ1n) is 7.27. The van der Waals surface area contributed by atoms with Gasteiger partial charge in [-0.05, 0) is 36.4 Å². The third-order valence-corrected chi connectivity index (χ3v) is 5.52. The smallest absolute Gasteiger partial charge is 0.339 e. The van der Waals surface area contributed by atoms with Crippen LogP contribution in [0.1, 0.15) is 5.56 Å². The number of halogens is 1. The van der Waals surface area contributed by atoms with E-state index < -0.39 is 10.1 Å². The lowest BCUT2D eigenvalue weighted by Crippen LogP contribution is -2.19. The number of carbonyl (C=O) groups is 1. The molecule has 0 radical (unpaired) electrons. The van der Waals surface area contributed by atoms with Crippen LogP contribution in [0, 0.1) is 0 Å². The molecule has 0 saturated carbocycles. The van der Waals surface area contributed by atoms with Crippen molar-refractivity contribution in [3.05, 3.63) is 59.1 Å². The van der Waals surface area contributed by atoms with Crippen LogP contribution in [0.4, 0.5) is 0 Å². The molecule has 134 valence electrons. The molecular weight excluding hydrogens is 398 g/mol. The summed E-state index contributed by atoms with van der Waals surface area (Å²) in [5.74, 6) is 0.268. The van der Waals surface area contributed by atoms with Crippen LogP contribution in [0.5, 0.6) is 5.75 Å². The highest BCUT2D eigenvalue weighted by Gasteiger charge is 2.18. The van der Waals surface area contributed by atoms with E-state index in [1.807, 2.05) is 0 Å². The van der Waals surface area contributed by atoms with Gasteiger partial charge in [-0.15, -0.1) is 5.10 Å². The highest BCUT2D eigenvalue weighted by molar-refractivity contribution is 8.15. The summed E-state index contributed by atoms with van der Waals surface area (Å²) in [7, 11) is -4.02. The van der Waals surface area contributed by atoms with Crippen LogP contribution in [0.2, 0.25) is 5.02 Å². The van der Waals surface area contributed by atoms with Crippen molar-refractivity contribution in [2.24, 2.45) is 10.2 Å². The monoisotopic (exact) mass is 409 g/mol. The Balaban J connectivity index is 1.81. The molecule has 0 aliphatic carbocycles. The summed E-state index contributed by atoms with van der Waals surface area (Å²) in [4.78, 5) is 11.1. The second kappa shape index (κ2) is 7.90. The Morgan fingerprint density at radius 1 is 1.15 bits per heavy atom. The van der Waals surface area contributed by atoms with Gasteiger partial charge in [0.25, 0.3) is 0 Å². The van der Waals surface area contributed by atoms with Gasteiger partial charge in [0.1, 0.15) is 4.90 Å². The van der Waals surface area contributed by atoms with Crippen molar-refractivity contribution in [3.8, 4) is 5.75 Å². The molecule has 0 atom stereocenters. The molecule has 0 unspecified atom stereocenters. The van der Waals surface area contributed by atoms with E-state index in [1.54, 1.807) is 18.2 Å². The van der Waals surface area contributed by atoms with Crippen LogP contribution < -0.4 is 9.50 Å². The van der Waals surface area contributed by atoms with Crippen molar-refractivity contribution >= 4 is 50.8 Å². The first-order valence-corrected chi connectivity index (χ1v) is 10.0. The standard InChI is InChI=1S/C16H12ClN3O4S2/c17-12-5-7-13(8-6-12)26(22,23)24-14-4-2-1-3-11(14)9-18-20-16-19-15(21)10-25-16/h1-9H,10H2,(H,19,20,21). The van der Waals surface area contributed by atoms with E-state index in [1.165, 1.54) is 48.3 Å². The van der Waals surface area contributed by atoms with Gasteiger partial charge in [-0.3, -0.25) is 4.79 Å². The van der Waals surface area contributed by atoms with Gasteiger partial charge in [-0.25, -0.2) is 0 Å². The minimum absolute atomic E-state index is 0.0149. The number of hydrogen-bond donors (Lipinski definition) is 1. The molecule has 10 heteroatoms. The molecule has 1 fully saturated rings. The van der Waals surface area contributed by atoms with Gasteiger partial charge < -0.3 is 9.50 Å². The number of rotatable bonds is 5. The Kier molecular flexibility index (Phi) is 5.60. The first kappa shape index (κ1) is 18.4. The Morgan fingerprint density at radius 3 is 2.58 bits per heavy atom. The minimum Gasteiger partial charge on any atom is -0.378 e. The average Bonchev–Trinajstić information content (AvgIpc) is 3.02. The molecule has 0 bridgehead atoms. The summed E-state index contributed by atoms with van der Waals surface area (Å²) in [6.45, 7) is 0. The number of amides is 1. The van der Waals surface area contributed by atoms with Crippen molar-refractivity contribution < 1.29 is 17.4 Å². The van der Waals surface area contributed by atoms with Crippen LogP contribution in [0.25, 0.3) is 0 Å². The molecule has 3 rings (SSSR count). The van der Waals surface area contributed by atoms with Gasteiger partial charge >= 0.3 is 10.1 Å². The van der Waals surface area contributed by atoms with E-state index in [4.69, 9.17) is 15.8 Å². The van der Waals surface area contributed by atoms with Crippen LogP contribution >= 0.6 is 23.4 Å². The third kappa shape index (κ3) is 4.63. The summed E-state index contributed by atoms with van der Waals surface area (Å²) in [6.07, 6.45) is 1.35. The van der Waals surface area contributed by atoms with Crippen molar-refractivity contribution in [3.63, 3.8) is 0 Å². The van der Waals surface area contributed by atoms with Crippen molar-refractivity contribution in [2.75, 3.05) is 5.75 Å². The molecule has 0 aromatic heterocycles. The molecule has 1 saturated heterocycles. The van der Waals surface area contributed by atoms with Gasteiger partial charge in [0.2, 0.25) is 5.91 Å². The van der Waals surface area contributed by atoms with E-state index in [-0.39, 0.29) is 16.6 Å². The molecule has 2 aromatic rings. The number of nitrogens with one attached hydrogen (secondary N) is 1. The fraction of sp³-hybridized carbons (Fsp3) is 0.0625. The maximum absolute atomic E-state index is 12.4. The molecule has 0 spiro atoms. The fourth-order valence-electron chi connectivity index (χ4n) is 1.95. The molecule has 1 N–H and O–H groups in total. The zero-order valence-electron chi connectivity index (χ0n) is 13.1. The quantitative estimate of drug-likeness (QED) is 0.465. The Hall–Kier alpha value is -2.36.